The Kier molecular flexibility index (Phi) is 5.55. The summed E-state index contributed by atoms with van der Waals surface area (Å²) in [5.74, 6) is -0.775. The van der Waals surface area contributed by atoms with Gasteiger partial charge >= 0.3 is 5.69 Å². The number of halogens is 1. The maximum absolute atomic E-state index is 12.5. The molecule has 2 aromatic heterocycles. The molecule has 0 aliphatic rings. The van der Waals surface area contributed by atoms with Gasteiger partial charge in [-0.15, -0.1) is 0 Å². The number of rotatable bonds is 5. The number of carbonyl (C=O) groups excluding carboxylic acids is 2. The molecule has 0 unspecified atom stereocenters. The third-order valence-electron chi connectivity index (χ3n) is 4.46. The van der Waals surface area contributed by atoms with Gasteiger partial charge in [0.2, 0.25) is 11.8 Å². The molecule has 11 heteroatoms. The monoisotopic (exact) mass is 418 g/mol. The maximum Gasteiger partial charge on any atom is 0.332 e. The van der Waals surface area contributed by atoms with Crippen LogP contribution in [-0.4, -0.2) is 49.0 Å². The SMILES string of the molecule is CN(CC(=O)Nc1ccc(Cl)cc1)C(=O)Cn1cnc2c1c(=O)n(C)c(=O)n2C. The fourth-order valence-corrected chi connectivity index (χ4v) is 2.95. The number of benzene rings is 1. The van der Waals surface area contributed by atoms with Gasteiger partial charge in [0.05, 0.1) is 12.9 Å². The molecule has 0 radical (unpaired) electrons. The fraction of sp³-hybridized carbons (Fsp3) is 0.278. The minimum atomic E-state index is -0.545. The van der Waals surface area contributed by atoms with Crippen LogP contribution in [0.1, 0.15) is 0 Å². The zero-order chi connectivity index (χ0) is 21.3. The quantitative estimate of drug-likeness (QED) is 0.635. The lowest BCUT2D eigenvalue weighted by molar-refractivity contribution is -0.133. The van der Waals surface area contributed by atoms with Crippen molar-refractivity contribution < 1.29 is 9.59 Å². The van der Waals surface area contributed by atoms with E-state index in [4.69, 9.17) is 11.6 Å². The van der Waals surface area contributed by atoms with Gasteiger partial charge < -0.3 is 14.8 Å². The van der Waals surface area contributed by atoms with Crippen molar-refractivity contribution in [2.75, 3.05) is 18.9 Å². The topological polar surface area (TPSA) is 111 Å². The lowest BCUT2D eigenvalue weighted by atomic mass is 10.3. The summed E-state index contributed by atoms with van der Waals surface area (Å²) in [6, 6.07) is 6.59. The number of carbonyl (C=O) groups is 2. The number of hydrogen-bond donors (Lipinski definition) is 1. The zero-order valence-corrected chi connectivity index (χ0v) is 16.8. The van der Waals surface area contributed by atoms with Crippen LogP contribution >= 0.6 is 11.6 Å². The molecule has 0 saturated carbocycles. The molecule has 152 valence electrons. The summed E-state index contributed by atoms with van der Waals surface area (Å²) in [5, 5.41) is 3.22. The molecule has 10 nitrogen and oxygen atoms in total. The molecule has 0 atom stereocenters. The normalized spacial score (nSPS) is 10.9. The Bertz CT molecular complexity index is 1210. The van der Waals surface area contributed by atoms with Crippen LogP contribution in [0.3, 0.4) is 0 Å². The predicted octanol–water partition coefficient (Wildman–Crippen LogP) is 0.184. The molecule has 3 rings (SSSR count). The number of imidazole rings is 1. The van der Waals surface area contributed by atoms with Crippen molar-refractivity contribution in [3.05, 3.63) is 56.5 Å². The van der Waals surface area contributed by atoms with Crippen LogP contribution < -0.4 is 16.6 Å². The van der Waals surface area contributed by atoms with E-state index < -0.39 is 17.2 Å². The molecular weight excluding hydrogens is 400 g/mol. The van der Waals surface area contributed by atoms with E-state index in [9.17, 15) is 19.2 Å². The molecule has 2 heterocycles. The number of aromatic nitrogens is 4. The number of amides is 2. The Balaban J connectivity index is 1.73. The van der Waals surface area contributed by atoms with E-state index in [1.807, 2.05) is 0 Å². The van der Waals surface area contributed by atoms with E-state index in [1.54, 1.807) is 24.3 Å². The van der Waals surface area contributed by atoms with Crippen molar-refractivity contribution in [2.24, 2.45) is 14.1 Å². The van der Waals surface area contributed by atoms with E-state index in [-0.39, 0.29) is 30.2 Å². The summed E-state index contributed by atoms with van der Waals surface area (Å²) in [6.07, 6.45) is 1.32. The van der Waals surface area contributed by atoms with Crippen molar-refractivity contribution in [3.8, 4) is 0 Å². The number of aryl methyl sites for hydroxylation is 1. The van der Waals surface area contributed by atoms with Gasteiger partial charge in [0.15, 0.2) is 11.2 Å². The van der Waals surface area contributed by atoms with Crippen molar-refractivity contribution in [1.29, 1.82) is 0 Å². The first-order chi connectivity index (χ1) is 13.7. The highest BCUT2D eigenvalue weighted by atomic mass is 35.5. The van der Waals surface area contributed by atoms with E-state index in [0.717, 1.165) is 4.57 Å². The lowest BCUT2D eigenvalue weighted by Crippen LogP contribution is -2.39. The highest BCUT2D eigenvalue weighted by Crippen LogP contribution is 2.13. The summed E-state index contributed by atoms with van der Waals surface area (Å²) in [6.45, 7) is -0.376. The molecule has 1 aromatic carbocycles. The second-order valence-corrected chi connectivity index (χ2v) is 6.99. The minimum Gasteiger partial charge on any atom is -0.335 e. The Morgan fingerprint density at radius 3 is 2.45 bits per heavy atom. The van der Waals surface area contributed by atoms with E-state index >= 15 is 0 Å². The van der Waals surface area contributed by atoms with Crippen LogP contribution in [0, 0.1) is 0 Å². The van der Waals surface area contributed by atoms with Crippen LogP contribution in [0.4, 0.5) is 5.69 Å². The number of fused-ring (bicyclic) bond motifs is 1. The molecule has 0 spiro atoms. The standard InChI is InChI=1S/C18H19ClN6O4/c1-22(8-13(26)21-12-6-4-11(19)5-7-12)14(27)9-25-10-20-16-15(25)17(28)24(3)18(29)23(16)2/h4-7,10H,8-9H2,1-3H3,(H,21,26). The van der Waals surface area contributed by atoms with Crippen molar-refractivity contribution >= 4 is 40.3 Å². The Hall–Kier alpha value is -3.40. The van der Waals surface area contributed by atoms with Crippen LogP contribution in [0.2, 0.25) is 5.02 Å². The summed E-state index contributed by atoms with van der Waals surface area (Å²) in [4.78, 5) is 54.4. The van der Waals surface area contributed by atoms with Crippen molar-refractivity contribution in [1.82, 2.24) is 23.6 Å². The first kappa shape index (κ1) is 20.3. The second-order valence-electron chi connectivity index (χ2n) is 6.56. The smallest absolute Gasteiger partial charge is 0.332 e. The Morgan fingerprint density at radius 1 is 1.14 bits per heavy atom. The lowest BCUT2D eigenvalue weighted by Gasteiger charge is -2.17. The van der Waals surface area contributed by atoms with Gasteiger partial charge in [0.25, 0.3) is 5.56 Å². The number of likely N-dealkylation sites (N-methyl/N-ethyl adjacent to an activating group) is 1. The molecular formula is C18H19ClN6O4. The first-order valence-corrected chi connectivity index (χ1v) is 8.97. The predicted molar refractivity (Wildman–Crippen MR) is 108 cm³/mol. The molecule has 3 aromatic rings. The second kappa shape index (κ2) is 7.92. The van der Waals surface area contributed by atoms with Gasteiger partial charge in [-0.25, -0.2) is 9.78 Å². The van der Waals surface area contributed by atoms with Crippen molar-refractivity contribution in [2.45, 2.75) is 6.54 Å². The molecule has 29 heavy (non-hydrogen) atoms. The number of nitrogens with one attached hydrogen (secondary N) is 1. The first-order valence-electron chi connectivity index (χ1n) is 8.59. The van der Waals surface area contributed by atoms with Gasteiger partial charge in [-0.3, -0.25) is 23.5 Å². The van der Waals surface area contributed by atoms with Crippen LogP contribution in [0.25, 0.3) is 11.2 Å². The van der Waals surface area contributed by atoms with Crippen LogP contribution in [-0.2, 0) is 30.2 Å². The number of hydrogen-bond acceptors (Lipinski definition) is 5. The largest absolute Gasteiger partial charge is 0.335 e. The molecule has 1 N–H and O–H groups in total. The Morgan fingerprint density at radius 2 is 1.79 bits per heavy atom. The summed E-state index contributed by atoms with van der Waals surface area (Å²) >= 11 is 5.81. The molecule has 0 bridgehead atoms. The number of anilines is 1. The van der Waals surface area contributed by atoms with Gasteiger partial charge in [0, 0.05) is 31.9 Å². The summed E-state index contributed by atoms with van der Waals surface area (Å²) in [5.41, 5.74) is -0.159. The van der Waals surface area contributed by atoms with Gasteiger partial charge in [-0.1, -0.05) is 11.6 Å². The molecule has 0 aliphatic carbocycles. The molecule has 0 saturated heterocycles. The van der Waals surface area contributed by atoms with E-state index in [1.165, 1.54) is 41.5 Å². The Labute approximate surface area is 169 Å². The third-order valence-corrected chi connectivity index (χ3v) is 4.71. The number of nitrogens with zero attached hydrogens (tertiary/aromatic N) is 5. The third kappa shape index (κ3) is 4.06. The average Bonchev–Trinajstić information content (AvgIpc) is 3.10. The van der Waals surface area contributed by atoms with E-state index in [0.29, 0.717) is 10.7 Å². The maximum atomic E-state index is 12.5. The molecule has 2 amide bonds. The summed E-state index contributed by atoms with van der Waals surface area (Å²) < 4.78 is 3.56. The van der Waals surface area contributed by atoms with Crippen LogP contribution in [0.15, 0.2) is 40.2 Å². The highest BCUT2D eigenvalue weighted by molar-refractivity contribution is 6.30. The molecule has 0 fully saturated rings. The van der Waals surface area contributed by atoms with E-state index in [2.05, 4.69) is 10.3 Å². The summed E-state index contributed by atoms with van der Waals surface area (Å²) in [7, 11) is 4.34. The minimum absolute atomic E-state index is 0.141. The molecule has 0 aliphatic heterocycles. The highest BCUT2D eigenvalue weighted by Gasteiger charge is 2.18. The van der Waals surface area contributed by atoms with Crippen LogP contribution in [0.5, 0.6) is 0 Å². The average molecular weight is 419 g/mol. The fourth-order valence-electron chi connectivity index (χ4n) is 2.82. The zero-order valence-electron chi connectivity index (χ0n) is 16.0. The van der Waals surface area contributed by atoms with Gasteiger partial charge in [-0.2, -0.15) is 0 Å². The van der Waals surface area contributed by atoms with Crippen molar-refractivity contribution in [3.63, 3.8) is 0 Å². The van der Waals surface area contributed by atoms with Gasteiger partial charge in [0.1, 0.15) is 6.54 Å². The van der Waals surface area contributed by atoms with Gasteiger partial charge in [-0.05, 0) is 24.3 Å².